The SMILES string of the molecule is CC(CC(=O)Nc1ccc(Br)c(F)c1)C(C)(C)C. The molecular formula is C14H19BrFNO. The van der Waals surface area contributed by atoms with Crippen molar-refractivity contribution in [2.45, 2.75) is 34.1 Å². The summed E-state index contributed by atoms with van der Waals surface area (Å²) in [7, 11) is 0. The molecule has 0 spiro atoms. The third kappa shape index (κ3) is 4.41. The van der Waals surface area contributed by atoms with Crippen molar-refractivity contribution in [1.82, 2.24) is 0 Å². The Morgan fingerprint density at radius 2 is 2.06 bits per heavy atom. The molecule has 1 unspecified atom stereocenters. The van der Waals surface area contributed by atoms with Gasteiger partial charge in [-0.2, -0.15) is 0 Å². The van der Waals surface area contributed by atoms with Crippen molar-refractivity contribution < 1.29 is 9.18 Å². The van der Waals surface area contributed by atoms with Gasteiger partial charge >= 0.3 is 0 Å². The summed E-state index contributed by atoms with van der Waals surface area (Å²) < 4.78 is 13.7. The standard InChI is InChI=1S/C14H19BrFNO/c1-9(14(2,3)4)7-13(18)17-10-5-6-11(15)12(16)8-10/h5-6,8-9H,7H2,1-4H3,(H,17,18). The van der Waals surface area contributed by atoms with Gasteiger partial charge < -0.3 is 5.32 Å². The number of carbonyl (C=O) groups excluding carboxylic acids is 1. The van der Waals surface area contributed by atoms with Gasteiger partial charge in [0.1, 0.15) is 5.82 Å². The first kappa shape index (κ1) is 15.2. The minimum atomic E-state index is -0.378. The summed E-state index contributed by atoms with van der Waals surface area (Å²) in [5, 5.41) is 2.71. The smallest absolute Gasteiger partial charge is 0.224 e. The van der Waals surface area contributed by atoms with E-state index in [-0.39, 0.29) is 23.1 Å². The summed E-state index contributed by atoms with van der Waals surface area (Å²) in [6.07, 6.45) is 0.432. The number of carbonyl (C=O) groups is 1. The molecule has 0 fully saturated rings. The Morgan fingerprint density at radius 3 is 2.56 bits per heavy atom. The van der Waals surface area contributed by atoms with Crippen molar-refractivity contribution in [1.29, 1.82) is 0 Å². The van der Waals surface area contributed by atoms with E-state index in [1.165, 1.54) is 6.07 Å². The molecule has 1 rings (SSSR count). The van der Waals surface area contributed by atoms with Crippen LogP contribution in [0.25, 0.3) is 0 Å². The fraction of sp³-hybridized carbons (Fsp3) is 0.500. The first-order chi connectivity index (χ1) is 8.20. The lowest BCUT2D eigenvalue weighted by atomic mass is 9.80. The minimum absolute atomic E-state index is 0.0841. The average molecular weight is 316 g/mol. The highest BCUT2D eigenvalue weighted by atomic mass is 79.9. The van der Waals surface area contributed by atoms with E-state index in [0.717, 1.165) is 0 Å². The number of hydrogen-bond donors (Lipinski definition) is 1. The predicted molar refractivity (Wildman–Crippen MR) is 76.0 cm³/mol. The number of rotatable bonds is 3. The lowest BCUT2D eigenvalue weighted by Crippen LogP contribution is -2.23. The monoisotopic (exact) mass is 315 g/mol. The van der Waals surface area contributed by atoms with Gasteiger partial charge in [0.25, 0.3) is 0 Å². The zero-order valence-electron chi connectivity index (χ0n) is 11.2. The third-order valence-electron chi connectivity index (χ3n) is 3.17. The van der Waals surface area contributed by atoms with Crippen LogP contribution in [0.1, 0.15) is 34.1 Å². The van der Waals surface area contributed by atoms with Crippen LogP contribution in [0, 0.1) is 17.2 Å². The van der Waals surface area contributed by atoms with Crippen LogP contribution in [-0.4, -0.2) is 5.91 Å². The fourth-order valence-corrected chi connectivity index (χ4v) is 1.62. The van der Waals surface area contributed by atoms with Gasteiger partial charge in [-0.3, -0.25) is 4.79 Å². The second-order valence-electron chi connectivity index (χ2n) is 5.65. The molecule has 1 atom stereocenters. The molecule has 0 aromatic heterocycles. The molecule has 0 heterocycles. The molecule has 0 aliphatic carbocycles. The first-order valence-electron chi connectivity index (χ1n) is 5.95. The molecule has 1 N–H and O–H groups in total. The van der Waals surface area contributed by atoms with Gasteiger partial charge in [0.15, 0.2) is 0 Å². The van der Waals surface area contributed by atoms with Crippen molar-refractivity contribution >= 4 is 27.5 Å². The number of benzene rings is 1. The van der Waals surface area contributed by atoms with Crippen molar-refractivity contribution in [3.05, 3.63) is 28.5 Å². The molecule has 0 aliphatic rings. The summed E-state index contributed by atoms with van der Waals surface area (Å²) in [6.45, 7) is 8.35. The summed E-state index contributed by atoms with van der Waals surface area (Å²) >= 11 is 3.07. The van der Waals surface area contributed by atoms with E-state index in [1.54, 1.807) is 12.1 Å². The molecule has 1 amide bonds. The van der Waals surface area contributed by atoms with Crippen molar-refractivity contribution in [2.24, 2.45) is 11.3 Å². The van der Waals surface area contributed by atoms with E-state index in [0.29, 0.717) is 16.6 Å². The minimum Gasteiger partial charge on any atom is -0.326 e. The molecule has 1 aromatic carbocycles. The van der Waals surface area contributed by atoms with Gasteiger partial charge in [-0.1, -0.05) is 27.7 Å². The molecule has 0 saturated heterocycles. The van der Waals surface area contributed by atoms with Gasteiger partial charge in [0.2, 0.25) is 5.91 Å². The van der Waals surface area contributed by atoms with Crippen LogP contribution in [-0.2, 0) is 4.79 Å². The highest BCUT2D eigenvalue weighted by Crippen LogP contribution is 2.28. The second kappa shape index (κ2) is 5.83. The predicted octanol–water partition coefficient (Wildman–Crippen LogP) is 4.60. The van der Waals surface area contributed by atoms with Gasteiger partial charge in [0, 0.05) is 12.1 Å². The van der Waals surface area contributed by atoms with E-state index in [4.69, 9.17) is 0 Å². The largest absolute Gasteiger partial charge is 0.326 e. The maximum atomic E-state index is 13.3. The quantitative estimate of drug-likeness (QED) is 0.867. The molecule has 1 aromatic rings. The Kier molecular flexibility index (Phi) is 4.91. The summed E-state index contributed by atoms with van der Waals surface area (Å²) in [4.78, 5) is 11.8. The molecule has 18 heavy (non-hydrogen) atoms. The maximum Gasteiger partial charge on any atom is 0.224 e. The Balaban J connectivity index is 2.62. The lowest BCUT2D eigenvalue weighted by Gasteiger charge is -2.26. The normalized spacial score (nSPS) is 13.2. The fourth-order valence-electron chi connectivity index (χ4n) is 1.37. The summed E-state index contributed by atoms with van der Waals surface area (Å²) in [5.74, 6) is -0.200. The summed E-state index contributed by atoms with van der Waals surface area (Å²) in [6, 6.07) is 4.56. The van der Waals surface area contributed by atoms with E-state index in [1.807, 2.05) is 6.92 Å². The van der Waals surface area contributed by atoms with Crippen LogP contribution in [0.15, 0.2) is 22.7 Å². The zero-order valence-corrected chi connectivity index (χ0v) is 12.8. The Hall–Kier alpha value is -0.900. The Bertz CT molecular complexity index is 440. The molecule has 0 saturated carbocycles. The Morgan fingerprint density at radius 1 is 1.44 bits per heavy atom. The van der Waals surface area contributed by atoms with Crippen LogP contribution in [0.5, 0.6) is 0 Å². The highest BCUT2D eigenvalue weighted by Gasteiger charge is 2.22. The highest BCUT2D eigenvalue weighted by molar-refractivity contribution is 9.10. The van der Waals surface area contributed by atoms with E-state index in [2.05, 4.69) is 42.0 Å². The Labute approximate surface area is 116 Å². The van der Waals surface area contributed by atoms with Gasteiger partial charge in [-0.05, 0) is 45.5 Å². The molecule has 100 valence electrons. The number of nitrogens with one attached hydrogen (secondary N) is 1. The number of amides is 1. The van der Waals surface area contributed by atoms with Crippen LogP contribution < -0.4 is 5.32 Å². The van der Waals surface area contributed by atoms with Crippen molar-refractivity contribution in [3.63, 3.8) is 0 Å². The van der Waals surface area contributed by atoms with E-state index in [9.17, 15) is 9.18 Å². The second-order valence-corrected chi connectivity index (χ2v) is 6.50. The van der Waals surface area contributed by atoms with Gasteiger partial charge in [-0.15, -0.1) is 0 Å². The molecular weight excluding hydrogens is 297 g/mol. The average Bonchev–Trinajstić information content (AvgIpc) is 2.22. The van der Waals surface area contributed by atoms with E-state index < -0.39 is 0 Å². The summed E-state index contributed by atoms with van der Waals surface area (Å²) in [5.41, 5.74) is 0.573. The molecule has 0 bridgehead atoms. The topological polar surface area (TPSA) is 29.1 Å². The third-order valence-corrected chi connectivity index (χ3v) is 3.82. The number of hydrogen-bond acceptors (Lipinski definition) is 1. The van der Waals surface area contributed by atoms with Crippen LogP contribution in [0.4, 0.5) is 10.1 Å². The van der Waals surface area contributed by atoms with Crippen molar-refractivity contribution in [3.8, 4) is 0 Å². The molecule has 2 nitrogen and oxygen atoms in total. The van der Waals surface area contributed by atoms with Crippen molar-refractivity contribution in [2.75, 3.05) is 5.32 Å². The molecule has 0 aliphatic heterocycles. The van der Waals surface area contributed by atoms with Crippen LogP contribution >= 0.6 is 15.9 Å². The lowest BCUT2D eigenvalue weighted by molar-refractivity contribution is -0.117. The van der Waals surface area contributed by atoms with Gasteiger partial charge in [-0.25, -0.2) is 4.39 Å². The van der Waals surface area contributed by atoms with Crippen LogP contribution in [0.3, 0.4) is 0 Å². The van der Waals surface area contributed by atoms with E-state index >= 15 is 0 Å². The maximum absolute atomic E-state index is 13.3. The number of anilines is 1. The zero-order chi connectivity index (χ0) is 13.9. The first-order valence-corrected chi connectivity index (χ1v) is 6.74. The van der Waals surface area contributed by atoms with Gasteiger partial charge in [0.05, 0.1) is 4.47 Å². The molecule has 4 heteroatoms. The number of halogens is 2. The molecule has 0 radical (unpaired) electrons. The van der Waals surface area contributed by atoms with Crippen LogP contribution in [0.2, 0.25) is 0 Å².